The van der Waals surface area contributed by atoms with Gasteiger partial charge in [-0.2, -0.15) is 0 Å². The van der Waals surface area contributed by atoms with Crippen molar-refractivity contribution in [1.82, 2.24) is 15.3 Å². The van der Waals surface area contributed by atoms with Gasteiger partial charge in [0.1, 0.15) is 5.82 Å². The summed E-state index contributed by atoms with van der Waals surface area (Å²) in [5.74, 6) is 0.642. The highest BCUT2D eigenvalue weighted by Gasteiger charge is 2.19. The molecule has 1 fully saturated rings. The fourth-order valence-electron chi connectivity index (χ4n) is 3.32. The first kappa shape index (κ1) is 20.5. The summed E-state index contributed by atoms with van der Waals surface area (Å²) in [5, 5.41) is 20.4. The molecule has 4 rings (SSSR count). The minimum atomic E-state index is -1.06. The average Bonchev–Trinajstić information content (AvgIpc) is 2.79. The van der Waals surface area contributed by atoms with Gasteiger partial charge in [0.15, 0.2) is 6.30 Å². The number of nitro groups is 1. The van der Waals surface area contributed by atoms with E-state index in [4.69, 9.17) is 0 Å². The molecule has 0 amide bonds. The monoisotopic (exact) mass is 423 g/mol. The number of nitrogens with one attached hydrogen (secondary N) is 3. The van der Waals surface area contributed by atoms with Crippen molar-refractivity contribution < 1.29 is 9.31 Å². The second kappa shape index (κ2) is 9.35. The molecule has 0 saturated carbocycles. The van der Waals surface area contributed by atoms with Crippen molar-refractivity contribution in [3.63, 3.8) is 0 Å². The molecule has 1 saturated heterocycles. The molecular weight excluding hydrogens is 401 g/mol. The van der Waals surface area contributed by atoms with Crippen molar-refractivity contribution >= 4 is 28.7 Å². The van der Waals surface area contributed by atoms with Crippen LogP contribution in [-0.2, 0) is 6.54 Å². The van der Waals surface area contributed by atoms with Crippen molar-refractivity contribution in [2.75, 3.05) is 35.2 Å². The van der Waals surface area contributed by atoms with Crippen LogP contribution in [0.15, 0.2) is 60.9 Å². The number of anilines is 4. The van der Waals surface area contributed by atoms with E-state index < -0.39 is 11.2 Å². The summed E-state index contributed by atoms with van der Waals surface area (Å²) in [6.07, 6.45) is 2.38. The van der Waals surface area contributed by atoms with Crippen LogP contribution < -0.4 is 20.9 Å². The van der Waals surface area contributed by atoms with Crippen LogP contribution in [-0.4, -0.2) is 40.8 Å². The number of nitrogens with zero attached hydrogens (tertiary/aromatic N) is 4. The molecule has 0 bridgehead atoms. The zero-order valence-corrected chi connectivity index (χ0v) is 16.7. The van der Waals surface area contributed by atoms with Gasteiger partial charge in [-0.3, -0.25) is 20.4 Å². The van der Waals surface area contributed by atoms with E-state index in [2.05, 4.69) is 25.9 Å². The van der Waals surface area contributed by atoms with Crippen molar-refractivity contribution in [3.8, 4) is 0 Å². The normalized spacial score (nSPS) is 16.0. The van der Waals surface area contributed by atoms with Gasteiger partial charge in [-0.25, -0.2) is 9.37 Å². The molecular formula is C21H22FN7O2. The van der Waals surface area contributed by atoms with E-state index in [1.807, 2.05) is 29.2 Å². The molecule has 9 nitrogen and oxygen atoms in total. The summed E-state index contributed by atoms with van der Waals surface area (Å²) in [6, 6.07) is 14.1. The van der Waals surface area contributed by atoms with Crippen molar-refractivity contribution in [3.05, 3.63) is 76.6 Å². The summed E-state index contributed by atoms with van der Waals surface area (Å²) in [4.78, 5) is 21.4. The largest absolute Gasteiger partial charge is 0.366 e. The molecule has 0 radical (unpaired) electrons. The quantitative estimate of drug-likeness (QED) is 0.301. The molecule has 3 N–H and O–H groups in total. The number of alkyl halides is 1. The Morgan fingerprint density at radius 2 is 2.06 bits per heavy atom. The lowest BCUT2D eigenvalue weighted by Gasteiger charge is -2.31. The molecule has 10 heteroatoms. The molecule has 1 aliphatic heterocycles. The third-order valence-corrected chi connectivity index (χ3v) is 4.89. The van der Waals surface area contributed by atoms with Gasteiger partial charge in [-0.05, 0) is 42.0 Å². The number of benzene rings is 1. The molecule has 1 unspecified atom stereocenters. The van der Waals surface area contributed by atoms with E-state index in [-0.39, 0.29) is 18.1 Å². The minimum Gasteiger partial charge on any atom is -0.366 e. The number of hydrogen-bond donors (Lipinski definition) is 3. The Balaban J connectivity index is 1.48. The SMILES string of the molecule is O=[N+]([O-])c1ccc(NCc2cccnc2)nc1Nc1ccc(N2CCNC(F)C2)cc1. The Bertz CT molecular complexity index is 1030. The third-order valence-electron chi connectivity index (χ3n) is 4.89. The van der Waals surface area contributed by atoms with E-state index in [9.17, 15) is 14.5 Å². The van der Waals surface area contributed by atoms with Gasteiger partial charge in [0.25, 0.3) is 0 Å². The Morgan fingerprint density at radius 3 is 2.77 bits per heavy atom. The molecule has 0 aliphatic carbocycles. The number of halogens is 1. The summed E-state index contributed by atoms with van der Waals surface area (Å²) in [5.41, 5.74) is 2.38. The topological polar surface area (TPSA) is 108 Å². The van der Waals surface area contributed by atoms with Crippen molar-refractivity contribution in [2.45, 2.75) is 12.8 Å². The van der Waals surface area contributed by atoms with Gasteiger partial charge >= 0.3 is 5.69 Å². The van der Waals surface area contributed by atoms with Crippen LogP contribution in [0.5, 0.6) is 0 Å². The highest BCUT2D eigenvalue weighted by Crippen LogP contribution is 2.28. The smallest absolute Gasteiger partial charge is 0.311 e. The van der Waals surface area contributed by atoms with E-state index >= 15 is 0 Å². The molecule has 160 valence electrons. The Labute approximate surface area is 178 Å². The van der Waals surface area contributed by atoms with Gasteiger partial charge in [0, 0.05) is 49.5 Å². The molecule has 2 aromatic heterocycles. The second-order valence-corrected chi connectivity index (χ2v) is 7.08. The summed E-state index contributed by atoms with van der Waals surface area (Å²) in [7, 11) is 0. The molecule has 31 heavy (non-hydrogen) atoms. The number of hydrogen-bond acceptors (Lipinski definition) is 8. The number of rotatable bonds is 7. The van der Waals surface area contributed by atoms with Crippen LogP contribution in [0.2, 0.25) is 0 Å². The zero-order valence-electron chi connectivity index (χ0n) is 16.7. The van der Waals surface area contributed by atoms with Gasteiger partial charge in [0.2, 0.25) is 5.82 Å². The highest BCUT2D eigenvalue weighted by atomic mass is 19.1. The molecule has 1 aliphatic rings. The number of piperazine rings is 1. The van der Waals surface area contributed by atoms with E-state index in [0.29, 0.717) is 31.1 Å². The predicted octanol–water partition coefficient (Wildman–Crippen LogP) is 3.45. The van der Waals surface area contributed by atoms with Crippen LogP contribution in [0.3, 0.4) is 0 Å². The van der Waals surface area contributed by atoms with E-state index in [0.717, 1.165) is 11.3 Å². The summed E-state index contributed by atoms with van der Waals surface area (Å²) in [6.45, 7) is 2.07. The molecule has 0 spiro atoms. The van der Waals surface area contributed by atoms with Crippen LogP contribution in [0.1, 0.15) is 5.56 Å². The van der Waals surface area contributed by atoms with E-state index in [1.165, 1.54) is 6.07 Å². The Kier molecular flexibility index (Phi) is 6.18. The lowest BCUT2D eigenvalue weighted by molar-refractivity contribution is -0.384. The van der Waals surface area contributed by atoms with Crippen LogP contribution in [0.4, 0.5) is 33.1 Å². The van der Waals surface area contributed by atoms with Crippen LogP contribution in [0, 0.1) is 10.1 Å². The van der Waals surface area contributed by atoms with Crippen molar-refractivity contribution in [1.29, 1.82) is 0 Å². The van der Waals surface area contributed by atoms with Crippen LogP contribution in [0.25, 0.3) is 0 Å². The lowest BCUT2D eigenvalue weighted by atomic mass is 10.2. The maximum Gasteiger partial charge on any atom is 0.311 e. The molecule has 3 aromatic rings. The highest BCUT2D eigenvalue weighted by molar-refractivity contribution is 5.69. The fourth-order valence-corrected chi connectivity index (χ4v) is 3.32. The van der Waals surface area contributed by atoms with Gasteiger partial charge in [-0.1, -0.05) is 6.07 Å². The predicted molar refractivity (Wildman–Crippen MR) is 117 cm³/mol. The Hall–Kier alpha value is -3.79. The Morgan fingerprint density at radius 1 is 1.23 bits per heavy atom. The first-order valence-corrected chi connectivity index (χ1v) is 9.86. The maximum atomic E-state index is 13.6. The van der Waals surface area contributed by atoms with Gasteiger partial charge in [0.05, 0.1) is 11.5 Å². The minimum absolute atomic E-state index is 0.126. The molecule has 1 atom stereocenters. The first-order valence-electron chi connectivity index (χ1n) is 9.86. The number of aromatic nitrogens is 2. The van der Waals surface area contributed by atoms with E-state index in [1.54, 1.807) is 30.6 Å². The fraction of sp³-hybridized carbons (Fsp3) is 0.238. The van der Waals surface area contributed by atoms with Gasteiger partial charge < -0.3 is 15.5 Å². The molecule has 3 heterocycles. The maximum absolute atomic E-state index is 13.6. The summed E-state index contributed by atoms with van der Waals surface area (Å²) < 4.78 is 13.6. The average molecular weight is 423 g/mol. The van der Waals surface area contributed by atoms with Gasteiger partial charge in [-0.15, -0.1) is 0 Å². The van der Waals surface area contributed by atoms with Crippen molar-refractivity contribution in [2.24, 2.45) is 0 Å². The van der Waals surface area contributed by atoms with Crippen LogP contribution >= 0.6 is 0 Å². The third kappa shape index (κ3) is 5.23. The standard InChI is InChI=1S/C21H22FN7O2/c22-19-14-28(11-10-24-19)17-5-3-16(4-6-17)26-21-18(29(30)31)7-8-20(27-21)25-13-15-2-1-9-23-12-15/h1-9,12,19,24H,10-11,13-14H2,(H2,25,26,27). The second-order valence-electron chi connectivity index (χ2n) is 7.08. The lowest BCUT2D eigenvalue weighted by Crippen LogP contribution is -2.48. The molecule has 1 aromatic carbocycles. The number of pyridine rings is 2. The first-order chi connectivity index (χ1) is 15.1. The summed E-state index contributed by atoms with van der Waals surface area (Å²) >= 11 is 0. The zero-order chi connectivity index (χ0) is 21.6.